The van der Waals surface area contributed by atoms with Crippen LogP contribution in [0, 0.1) is 0 Å². The lowest BCUT2D eigenvalue weighted by Crippen LogP contribution is -2.40. The fourth-order valence-corrected chi connectivity index (χ4v) is 5.25. The molecule has 2 aliphatic heterocycles. The van der Waals surface area contributed by atoms with Crippen LogP contribution in [-0.4, -0.2) is 36.6 Å². The molecule has 1 saturated heterocycles. The lowest BCUT2D eigenvalue weighted by Gasteiger charge is -2.20. The van der Waals surface area contributed by atoms with Crippen LogP contribution in [0.5, 0.6) is 11.5 Å². The fraction of sp³-hybridized carbons (Fsp3) is 0.389. The van der Waals surface area contributed by atoms with Gasteiger partial charge >= 0.3 is 6.03 Å². The Morgan fingerprint density at radius 3 is 3.04 bits per heavy atom. The average molecular weight is 377 g/mol. The zero-order valence-electron chi connectivity index (χ0n) is 13.8. The zero-order chi connectivity index (χ0) is 17.1. The summed E-state index contributed by atoms with van der Waals surface area (Å²) in [4.78, 5) is 15.8. The molecule has 0 spiro atoms. The summed E-state index contributed by atoms with van der Waals surface area (Å²) < 4.78 is 10.7. The van der Waals surface area contributed by atoms with Crippen LogP contribution in [-0.2, 0) is 6.54 Å². The average Bonchev–Trinajstić information content (AvgIpc) is 3.27. The minimum atomic E-state index is 0.00472. The van der Waals surface area contributed by atoms with Crippen LogP contribution in [0.3, 0.4) is 0 Å². The number of nitrogens with zero attached hydrogens (tertiary/aromatic N) is 1. The second-order valence-corrected chi connectivity index (χ2v) is 8.29. The molecule has 2 aliphatic rings. The third-order valence-electron chi connectivity index (χ3n) is 4.37. The monoisotopic (exact) mass is 376 g/mol. The molecule has 5 nitrogen and oxygen atoms in total. The first-order valence-corrected chi connectivity index (χ1v) is 10.3. The molecule has 4 rings (SSSR count). The third-order valence-corrected chi connectivity index (χ3v) is 6.82. The topological polar surface area (TPSA) is 50.8 Å². The number of hydrogen-bond acceptors (Lipinski definition) is 5. The van der Waals surface area contributed by atoms with Gasteiger partial charge in [-0.15, -0.1) is 11.3 Å². The molecule has 1 atom stereocenters. The molecule has 1 fully saturated rings. The molecular formula is C18H20N2O3S2. The van der Waals surface area contributed by atoms with Crippen molar-refractivity contribution in [1.82, 2.24) is 10.2 Å². The molecule has 132 valence electrons. The molecule has 1 aromatic carbocycles. The van der Waals surface area contributed by atoms with Crippen molar-refractivity contribution in [2.75, 3.05) is 25.6 Å². The third kappa shape index (κ3) is 3.88. The van der Waals surface area contributed by atoms with Crippen molar-refractivity contribution < 1.29 is 14.3 Å². The van der Waals surface area contributed by atoms with Crippen molar-refractivity contribution in [3.8, 4) is 11.5 Å². The van der Waals surface area contributed by atoms with Gasteiger partial charge in [0.2, 0.25) is 6.79 Å². The van der Waals surface area contributed by atoms with Crippen molar-refractivity contribution in [3.63, 3.8) is 0 Å². The summed E-state index contributed by atoms with van der Waals surface area (Å²) in [7, 11) is 0. The Balaban J connectivity index is 1.30. The summed E-state index contributed by atoms with van der Waals surface area (Å²) in [5.41, 5.74) is 1.01. The highest BCUT2D eigenvalue weighted by atomic mass is 32.2. The molecule has 0 radical (unpaired) electrons. The number of thioether (sulfide) groups is 1. The van der Waals surface area contributed by atoms with Gasteiger partial charge in [0.15, 0.2) is 11.5 Å². The molecule has 0 aliphatic carbocycles. The smallest absolute Gasteiger partial charge is 0.317 e. The Labute approximate surface area is 155 Å². The minimum Gasteiger partial charge on any atom is -0.454 e. The maximum Gasteiger partial charge on any atom is 0.317 e. The van der Waals surface area contributed by atoms with Crippen LogP contribution in [0.4, 0.5) is 4.79 Å². The molecule has 1 unspecified atom stereocenters. The van der Waals surface area contributed by atoms with Crippen LogP contribution in [0.2, 0.25) is 0 Å². The van der Waals surface area contributed by atoms with Crippen molar-refractivity contribution in [2.45, 2.75) is 18.2 Å². The Hall–Kier alpha value is -1.86. The number of hydrogen-bond donors (Lipinski definition) is 1. The molecule has 0 bridgehead atoms. The van der Waals surface area contributed by atoms with Crippen LogP contribution >= 0.6 is 23.1 Å². The van der Waals surface area contributed by atoms with Gasteiger partial charge < -0.3 is 19.7 Å². The van der Waals surface area contributed by atoms with Gasteiger partial charge in [0, 0.05) is 35.5 Å². The second kappa shape index (κ2) is 7.58. The lowest BCUT2D eigenvalue weighted by molar-refractivity contribution is 0.174. The minimum absolute atomic E-state index is 0.00472. The van der Waals surface area contributed by atoms with E-state index in [2.05, 4.69) is 22.8 Å². The molecule has 25 heavy (non-hydrogen) atoms. The van der Waals surface area contributed by atoms with E-state index >= 15 is 0 Å². The predicted octanol–water partition coefficient (Wildman–Crippen LogP) is 3.87. The number of benzene rings is 1. The number of nitrogens with one attached hydrogen (secondary N) is 1. The van der Waals surface area contributed by atoms with Crippen molar-refractivity contribution >= 4 is 29.1 Å². The maximum absolute atomic E-state index is 12.5. The molecule has 0 saturated carbocycles. The summed E-state index contributed by atoms with van der Waals surface area (Å²) in [6.45, 7) is 2.34. The highest BCUT2D eigenvalue weighted by Gasteiger charge is 2.22. The van der Waals surface area contributed by atoms with E-state index in [1.54, 1.807) is 11.3 Å². The summed E-state index contributed by atoms with van der Waals surface area (Å²) in [5.74, 6) is 2.48. The summed E-state index contributed by atoms with van der Waals surface area (Å²) >= 11 is 3.75. The van der Waals surface area contributed by atoms with E-state index in [1.165, 1.54) is 4.88 Å². The van der Waals surface area contributed by atoms with E-state index in [9.17, 15) is 4.79 Å². The number of fused-ring (bicyclic) bond motifs is 1. The predicted molar refractivity (Wildman–Crippen MR) is 101 cm³/mol. The van der Waals surface area contributed by atoms with E-state index in [4.69, 9.17) is 9.47 Å². The summed E-state index contributed by atoms with van der Waals surface area (Å²) in [6.07, 6.45) is 1.00. The van der Waals surface area contributed by atoms with Crippen molar-refractivity contribution in [2.24, 2.45) is 0 Å². The summed E-state index contributed by atoms with van der Waals surface area (Å²) in [5, 5.41) is 5.65. The first-order chi connectivity index (χ1) is 12.3. The zero-order valence-corrected chi connectivity index (χ0v) is 15.4. The molecule has 1 N–H and O–H groups in total. The van der Waals surface area contributed by atoms with E-state index in [0.29, 0.717) is 11.8 Å². The van der Waals surface area contributed by atoms with E-state index in [1.807, 2.05) is 34.9 Å². The molecule has 3 heterocycles. The number of thiophene rings is 1. The lowest BCUT2D eigenvalue weighted by atomic mass is 10.2. The van der Waals surface area contributed by atoms with Gasteiger partial charge in [-0.2, -0.15) is 11.8 Å². The van der Waals surface area contributed by atoms with Gasteiger partial charge in [-0.25, -0.2) is 4.79 Å². The van der Waals surface area contributed by atoms with Crippen LogP contribution in [0.25, 0.3) is 0 Å². The van der Waals surface area contributed by atoms with E-state index < -0.39 is 0 Å². The number of carbonyl (C=O) groups excluding carboxylic acids is 1. The van der Waals surface area contributed by atoms with Gasteiger partial charge in [0.05, 0.1) is 0 Å². The number of rotatable bonds is 3. The molecule has 2 aromatic rings. The number of urea groups is 1. The van der Waals surface area contributed by atoms with Gasteiger partial charge in [0.1, 0.15) is 0 Å². The Morgan fingerprint density at radius 2 is 2.16 bits per heavy atom. The highest BCUT2D eigenvalue weighted by molar-refractivity contribution is 7.99. The summed E-state index contributed by atoms with van der Waals surface area (Å²) in [6, 6.07) is 10.1. The first kappa shape index (κ1) is 16.6. The van der Waals surface area contributed by atoms with Crippen molar-refractivity contribution in [1.29, 1.82) is 0 Å². The van der Waals surface area contributed by atoms with Gasteiger partial charge in [0.25, 0.3) is 0 Å². The standard InChI is InChI=1S/C18H20N2O3S2/c21-18(19-11-13-3-4-14-15(10-13)23-12-22-14)20-6-5-17(25-9-7-20)16-2-1-8-24-16/h1-4,8,10,17H,5-7,9,11-12H2,(H,19,21). The molecule has 2 amide bonds. The Bertz CT molecular complexity index is 736. The van der Waals surface area contributed by atoms with Crippen LogP contribution < -0.4 is 14.8 Å². The first-order valence-electron chi connectivity index (χ1n) is 8.36. The van der Waals surface area contributed by atoms with E-state index in [-0.39, 0.29) is 12.8 Å². The number of carbonyl (C=O) groups is 1. The largest absolute Gasteiger partial charge is 0.454 e. The number of ether oxygens (including phenoxy) is 2. The Morgan fingerprint density at radius 1 is 1.24 bits per heavy atom. The van der Waals surface area contributed by atoms with Crippen LogP contribution in [0.1, 0.15) is 22.1 Å². The van der Waals surface area contributed by atoms with Gasteiger partial charge in [-0.3, -0.25) is 0 Å². The fourth-order valence-electron chi connectivity index (χ4n) is 3.02. The van der Waals surface area contributed by atoms with Crippen LogP contribution in [0.15, 0.2) is 35.7 Å². The van der Waals surface area contributed by atoms with Crippen molar-refractivity contribution in [3.05, 3.63) is 46.2 Å². The second-order valence-electron chi connectivity index (χ2n) is 6.00. The van der Waals surface area contributed by atoms with E-state index in [0.717, 1.165) is 42.3 Å². The quantitative estimate of drug-likeness (QED) is 0.884. The van der Waals surface area contributed by atoms with Gasteiger partial charge in [-0.1, -0.05) is 12.1 Å². The normalized spacial score (nSPS) is 19.5. The number of amides is 2. The Kier molecular flexibility index (Phi) is 5.03. The SMILES string of the molecule is O=C(NCc1ccc2c(c1)OCO2)N1CCSC(c2cccs2)CC1. The molecule has 7 heteroatoms. The molecule has 1 aromatic heterocycles. The maximum atomic E-state index is 12.5. The van der Waals surface area contributed by atoms with Gasteiger partial charge in [-0.05, 0) is 35.6 Å². The molecular weight excluding hydrogens is 356 g/mol. The highest BCUT2D eigenvalue weighted by Crippen LogP contribution is 2.36.